The monoisotopic (exact) mass is 183 g/mol. The summed E-state index contributed by atoms with van der Waals surface area (Å²) in [6, 6.07) is 0. The zero-order chi connectivity index (χ0) is 9.84. The predicted molar refractivity (Wildman–Crippen MR) is 48.8 cm³/mol. The lowest BCUT2D eigenvalue weighted by atomic mass is 10.3. The van der Waals surface area contributed by atoms with Crippen LogP contribution in [0.25, 0.3) is 0 Å². The van der Waals surface area contributed by atoms with E-state index in [-0.39, 0.29) is 11.8 Å². The SMILES string of the molecule is CN(C)C(=O)[CH]C(=O)N1CCCC1. The van der Waals surface area contributed by atoms with Gasteiger partial charge >= 0.3 is 0 Å². The Morgan fingerprint density at radius 1 is 1.23 bits per heavy atom. The Kier molecular flexibility index (Phi) is 3.28. The van der Waals surface area contributed by atoms with Crippen LogP contribution in [0.15, 0.2) is 0 Å². The van der Waals surface area contributed by atoms with Gasteiger partial charge in [-0.15, -0.1) is 0 Å². The molecule has 2 amide bonds. The molecule has 0 saturated carbocycles. The highest BCUT2D eigenvalue weighted by Crippen LogP contribution is 2.08. The molecule has 1 heterocycles. The number of nitrogens with zero attached hydrogens (tertiary/aromatic N) is 2. The van der Waals surface area contributed by atoms with Crippen LogP contribution in [0, 0.1) is 6.42 Å². The molecule has 0 aromatic carbocycles. The van der Waals surface area contributed by atoms with Crippen LogP contribution in [0.5, 0.6) is 0 Å². The van der Waals surface area contributed by atoms with Crippen molar-refractivity contribution >= 4 is 11.8 Å². The van der Waals surface area contributed by atoms with Crippen LogP contribution < -0.4 is 0 Å². The maximum absolute atomic E-state index is 11.4. The zero-order valence-corrected chi connectivity index (χ0v) is 8.12. The first-order valence-corrected chi connectivity index (χ1v) is 4.46. The lowest BCUT2D eigenvalue weighted by molar-refractivity contribution is -0.133. The van der Waals surface area contributed by atoms with E-state index in [0.29, 0.717) is 0 Å². The summed E-state index contributed by atoms with van der Waals surface area (Å²) in [7, 11) is 3.27. The molecule has 0 unspecified atom stereocenters. The van der Waals surface area contributed by atoms with Crippen molar-refractivity contribution in [1.82, 2.24) is 9.80 Å². The fourth-order valence-electron chi connectivity index (χ4n) is 1.26. The number of amides is 2. The molecule has 1 aliphatic heterocycles. The van der Waals surface area contributed by atoms with Crippen LogP contribution in [-0.2, 0) is 9.59 Å². The number of rotatable bonds is 2. The van der Waals surface area contributed by atoms with Crippen molar-refractivity contribution in [3.63, 3.8) is 0 Å². The smallest absolute Gasteiger partial charge is 0.236 e. The first-order valence-electron chi connectivity index (χ1n) is 4.46. The molecular formula is C9H15N2O2. The summed E-state index contributed by atoms with van der Waals surface area (Å²) < 4.78 is 0. The van der Waals surface area contributed by atoms with Crippen molar-refractivity contribution in [2.75, 3.05) is 27.2 Å². The van der Waals surface area contributed by atoms with Gasteiger partial charge in [0.05, 0.1) is 0 Å². The molecule has 0 aliphatic carbocycles. The molecule has 0 aromatic heterocycles. The molecule has 0 bridgehead atoms. The largest absolute Gasteiger partial charge is 0.348 e. The van der Waals surface area contributed by atoms with Crippen molar-refractivity contribution in [1.29, 1.82) is 0 Å². The highest BCUT2D eigenvalue weighted by molar-refractivity contribution is 6.08. The molecule has 13 heavy (non-hydrogen) atoms. The van der Waals surface area contributed by atoms with Crippen LogP contribution in [0.4, 0.5) is 0 Å². The first-order chi connectivity index (χ1) is 6.11. The lowest BCUT2D eigenvalue weighted by Crippen LogP contribution is -2.34. The molecule has 1 fully saturated rings. The summed E-state index contributed by atoms with van der Waals surface area (Å²) in [5.74, 6) is -0.395. The van der Waals surface area contributed by atoms with E-state index >= 15 is 0 Å². The van der Waals surface area contributed by atoms with Crippen molar-refractivity contribution in [2.45, 2.75) is 12.8 Å². The average molecular weight is 183 g/mol. The molecule has 4 nitrogen and oxygen atoms in total. The van der Waals surface area contributed by atoms with E-state index in [0.717, 1.165) is 32.4 Å². The molecular weight excluding hydrogens is 168 g/mol. The second kappa shape index (κ2) is 4.25. The van der Waals surface area contributed by atoms with Gasteiger partial charge in [0.2, 0.25) is 11.8 Å². The van der Waals surface area contributed by atoms with Gasteiger partial charge in [-0.05, 0) is 12.8 Å². The zero-order valence-electron chi connectivity index (χ0n) is 8.12. The van der Waals surface area contributed by atoms with Gasteiger partial charge in [0.15, 0.2) is 0 Å². The minimum Gasteiger partial charge on any atom is -0.348 e. The van der Waals surface area contributed by atoms with E-state index in [4.69, 9.17) is 0 Å². The van der Waals surface area contributed by atoms with Gasteiger partial charge in [-0.1, -0.05) is 0 Å². The van der Waals surface area contributed by atoms with Crippen molar-refractivity contribution in [3.05, 3.63) is 6.42 Å². The van der Waals surface area contributed by atoms with Gasteiger partial charge in [0, 0.05) is 27.2 Å². The van der Waals surface area contributed by atoms with Crippen molar-refractivity contribution in [2.24, 2.45) is 0 Å². The Balaban J connectivity index is 2.36. The van der Waals surface area contributed by atoms with Crippen LogP contribution >= 0.6 is 0 Å². The summed E-state index contributed by atoms with van der Waals surface area (Å²) in [5.41, 5.74) is 0. The Labute approximate surface area is 78.5 Å². The standard InChI is InChI=1S/C9H15N2O2/c1-10(2)8(12)7-9(13)11-5-3-4-6-11/h7H,3-6H2,1-2H3. The first kappa shape index (κ1) is 10.0. The molecule has 0 atom stereocenters. The van der Waals surface area contributed by atoms with Crippen molar-refractivity contribution in [3.8, 4) is 0 Å². The fraction of sp³-hybridized carbons (Fsp3) is 0.667. The molecule has 1 saturated heterocycles. The maximum atomic E-state index is 11.4. The normalized spacial score (nSPS) is 16.0. The number of hydrogen-bond acceptors (Lipinski definition) is 2. The molecule has 73 valence electrons. The summed E-state index contributed by atoms with van der Waals surface area (Å²) in [6.45, 7) is 1.58. The Hall–Kier alpha value is -1.06. The molecule has 1 radical (unpaired) electrons. The molecule has 1 rings (SSSR count). The number of likely N-dealkylation sites (tertiary alicyclic amines) is 1. The van der Waals surface area contributed by atoms with Gasteiger partial charge < -0.3 is 9.80 Å². The van der Waals surface area contributed by atoms with Gasteiger partial charge in [-0.25, -0.2) is 0 Å². The van der Waals surface area contributed by atoms with E-state index in [1.807, 2.05) is 0 Å². The fourth-order valence-corrected chi connectivity index (χ4v) is 1.26. The second-order valence-corrected chi connectivity index (χ2v) is 3.41. The quantitative estimate of drug-likeness (QED) is 0.561. The Bertz CT molecular complexity index is 208. The van der Waals surface area contributed by atoms with E-state index < -0.39 is 0 Å². The summed E-state index contributed by atoms with van der Waals surface area (Å²) in [5, 5.41) is 0. The van der Waals surface area contributed by atoms with Crippen LogP contribution in [0.2, 0.25) is 0 Å². The van der Waals surface area contributed by atoms with E-state index in [1.165, 1.54) is 4.90 Å². The average Bonchev–Trinajstić information content (AvgIpc) is 2.55. The minimum absolute atomic E-state index is 0.156. The highest BCUT2D eigenvalue weighted by Gasteiger charge is 2.21. The minimum atomic E-state index is -0.239. The number of carbonyl (C=O) groups is 2. The van der Waals surface area contributed by atoms with Crippen LogP contribution in [0.3, 0.4) is 0 Å². The van der Waals surface area contributed by atoms with E-state index in [9.17, 15) is 9.59 Å². The molecule has 0 N–H and O–H groups in total. The lowest BCUT2D eigenvalue weighted by Gasteiger charge is -2.16. The van der Waals surface area contributed by atoms with Crippen LogP contribution in [-0.4, -0.2) is 48.8 Å². The summed E-state index contributed by atoms with van der Waals surface area (Å²) >= 11 is 0. The van der Waals surface area contributed by atoms with Crippen LogP contribution in [0.1, 0.15) is 12.8 Å². The molecule has 1 aliphatic rings. The van der Waals surface area contributed by atoms with Gasteiger partial charge in [0.25, 0.3) is 0 Å². The summed E-state index contributed by atoms with van der Waals surface area (Å²) in [6.07, 6.45) is 3.26. The van der Waals surface area contributed by atoms with Gasteiger partial charge in [-0.2, -0.15) is 0 Å². The van der Waals surface area contributed by atoms with Gasteiger partial charge in [-0.3, -0.25) is 9.59 Å². The van der Waals surface area contributed by atoms with Gasteiger partial charge in [0.1, 0.15) is 6.42 Å². The Morgan fingerprint density at radius 2 is 1.77 bits per heavy atom. The second-order valence-electron chi connectivity index (χ2n) is 3.41. The molecule has 4 heteroatoms. The van der Waals surface area contributed by atoms with Crippen molar-refractivity contribution < 1.29 is 9.59 Å². The number of carbonyl (C=O) groups excluding carboxylic acids is 2. The third-order valence-corrected chi connectivity index (χ3v) is 2.11. The maximum Gasteiger partial charge on any atom is 0.236 e. The topological polar surface area (TPSA) is 40.6 Å². The Morgan fingerprint density at radius 3 is 2.23 bits per heavy atom. The number of hydrogen-bond donors (Lipinski definition) is 0. The summed E-state index contributed by atoms with van der Waals surface area (Å²) in [4.78, 5) is 25.6. The predicted octanol–water partition coefficient (Wildman–Crippen LogP) is -0.0987. The molecule has 0 aromatic rings. The molecule has 0 spiro atoms. The third kappa shape index (κ3) is 2.72. The third-order valence-electron chi connectivity index (χ3n) is 2.11. The van der Waals surface area contributed by atoms with E-state index in [1.54, 1.807) is 19.0 Å². The van der Waals surface area contributed by atoms with E-state index in [2.05, 4.69) is 0 Å². The highest BCUT2D eigenvalue weighted by atomic mass is 16.2.